The van der Waals surface area contributed by atoms with Gasteiger partial charge in [-0.05, 0) is 36.4 Å². The Morgan fingerprint density at radius 2 is 1.83 bits per heavy atom. The molecule has 0 spiro atoms. The number of para-hydroxylation sites is 1. The van der Waals surface area contributed by atoms with Crippen LogP contribution in [-0.2, 0) is 0 Å². The zero-order valence-corrected chi connectivity index (χ0v) is 12.0. The third-order valence-electron chi connectivity index (χ3n) is 2.62. The summed E-state index contributed by atoms with van der Waals surface area (Å²) in [5.74, 6) is 1.88. The van der Waals surface area contributed by atoms with Gasteiger partial charge in [0.15, 0.2) is 0 Å². The van der Waals surface area contributed by atoms with E-state index in [9.17, 15) is 0 Å². The van der Waals surface area contributed by atoms with Crippen molar-refractivity contribution in [2.24, 2.45) is 4.99 Å². The van der Waals surface area contributed by atoms with E-state index in [1.54, 1.807) is 0 Å². The molecular weight excluding hydrogens is 308 g/mol. The second-order valence-corrected chi connectivity index (χ2v) is 5.88. The maximum atomic E-state index is 4.64. The molecule has 1 aliphatic heterocycles. The standard InChI is InChI=1S/C14H11BrN2S/c15-10-5-7-11(8-6-10)16-14-9-18-13-4-2-1-3-12(13)17-14/h1-8H,9H2,(H,16,17). The summed E-state index contributed by atoms with van der Waals surface area (Å²) < 4.78 is 1.08. The lowest BCUT2D eigenvalue weighted by Crippen LogP contribution is -2.16. The number of hydrogen-bond donors (Lipinski definition) is 1. The summed E-state index contributed by atoms with van der Waals surface area (Å²) in [5, 5.41) is 3.36. The normalized spacial score (nSPS) is 13.7. The number of thioether (sulfide) groups is 1. The summed E-state index contributed by atoms with van der Waals surface area (Å²) in [4.78, 5) is 5.89. The van der Waals surface area contributed by atoms with Crippen LogP contribution >= 0.6 is 27.7 Å². The van der Waals surface area contributed by atoms with Gasteiger partial charge in [0.05, 0.1) is 11.4 Å². The van der Waals surface area contributed by atoms with Gasteiger partial charge in [0, 0.05) is 15.1 Å². The minimum Gasteiger partial charge on any atom is -0.343 e. The summed E-state index contributed by atoms with van der Waals surface area (Å²) in [5.41, 5.74) is 2.12. The summed E-state index contributed by atoms with van der Waals surface area (Å²) in [6, 6.07) is 16.3. The van der Waals surface area contributed by atoms with E-state index in [1.165, 1.54) is 4.90 Å². The maximum absolute atomic E-state index is 4.64. The number of amidine groups is 1. The van der Waals surface area contributed by atoms with Crippen LogP contribution in [0.5, 0.6) is 0 Å². The lowest BCUT2D eigenvalue weighted by molar-refractivity contribution is 1.34. The molecule has 2 aromatic carbocycles. The molecule has 0 fully saturated rings. The third-order valence-corrected chi connectivity index (χ3v) is 4.22. The van der Waals surface area contributed by atoms with Crippen molar-refractivity contribution < 1.29 is 0 Å². The highest BCUT2D eigenvalue weighted by Gasteiger charge is 2.11. The van der Waals surface area contributed by atoms with Crippen molar-refractivity contribution in [3.05, 3.63) is 53.0 Å². The molecule has 0 atom stereocenters. The number of anilines is 1. The van der Waals surface area contributed by atoms with Gasteiger partial charge in [-0.25, -0.2) is 4.99 Å². The van der Waals surface area contributed by atoms with E-state index < -0.39 is 0 Å². The van der Waals surface area contributed by atoms with Crippen molar-refractivity contribution in [3.63, 3.8) is 0 Å². The Hall–Kier alpha value is -1.26. The highest BCUT2D eigenvalue weighted by molar-refractivity contribution is 9.10. The molecule has 0 amide bonds. The number of aliphatic imine (C=N–C) groups is 1. The molecule has 90 valence electrons. The number of hydrogen-bond acceptors (Lipinski definition) is 3. The van der Waals surface area contributed by atoms with Gasteiger partial charge in [-0.15, -0.1) is 11.8 Å². The molecule has 0 unspecified atom stereocenters. The first-order valence-corrected chi connectivity index (χ1v) is 7.41. The van der Waals surface area contributed by atoms with Gasteiger partial charge in [-0.3, -0.25) is 0 Å². The summed E-state index contributed by atoms with van der Waals surface area (Å²) >= 11 is 5.25. The molecule has 0 saturated carbocycles. The molecule has 0 bridgehead atoms. The molecule has 0 saturated heterocycles. The van der Waals surface area contributed by atoms with Gasteiger partial charge in [0.25, 0.3) is 0 Å². The first-order valence-electron chi connectivity index (χ1n) is 5.63. The van der Waals surface area contributed by atoms with E-state index in [1.807, 2.05) is 48.2 Å². The van der Waals surface area contributed by atoms with Crippen molar-refractivity contribution in [2.45, 2.75) is 4.90 Å². The van der Waals surface area contributed by atoms with E-state index in [4.69, 9.17) is 0 Å². The molecule has 0 aromatic heterocycles. The Labute approximate surface area is 119 Å². The van der Waals surface area contributed by atoms with Gasteiger partial charge in [-0.2, -0.15) is 0 Å². The largest absolute Gasteiger partial charge is 0.343 e. The van der Waals surface area contributed by atoms with Crippen LogP contribution in [-0.4, -0.2) is 11.6 Å². The summed E-state index contributed by atoms with van der Waals surface area (Å²) in [7, 11) is 0. The van der Waals surface area contributed by atoms with Crippen molar-refractivity contribution in [1.29, 1.82) is 0 Å². The molecule has 2 aromatic rings. The predicted octanol–water partition coefficient (Wildman–Crippen LogP) is 4.70. The number of benzene rings is 2. The van der Waals surface area contributed by atoms with Crippen molar-refractivity contribution in [3.8, 4) is 0 Å². The van der Waals surface area contributed by atoms with Gasteiger partial charge < -0.3 is 5.32 Å². The average Bonchev–Trinajstić information content (AvgIpc) is 2.41. The van der Waals surface area contributed by atoms with Gasteiger partial charge in [0.1, 0.15) is 5.84 Å². The molecule has 18 heavy (non-hydrogen) atoms. The number of halogens is 1. The first-order chi connectivity index (χ1) is 8.81. The van der Waals surface area contributed by atoms with E-state index >= 15 is 0 Å². The fourth-order valence-electron chi connectivity index (χ4n) is 1.76. The molecule has 1 N–H and O–H groups in total. The van der Waals surface area contributed by atoms with Crippen LogP contribution in [0, 0.1) is 0 Å². The molecule has 2 nitrogen and oxygen atoms in total. The van der Waals surface area contributed by atoms with Crippen LogP contribution in [0.4, 0.5) is 11.4 Å². The SMILES string of the molecule is Brc1ccc(NC2=Nc3ccccc3SC2)cc1. The van der Waals surface area contributed by atoms with Crippen LogP contribution in [0.15, 0.2) is 62.9 Å². The van der Waals surface area contributed by atoms with E-state index in [0.29, 0.717) is 0 Å². The molecule has 1 heterocycles. The Morgan fingerprint density at radius 1 is 1.06 bits per heavy atom. The quantitative estimate of drug-likeness (QED) is 0.824. The lowest BCUT2D eigenvalue weighted by Gasteiger charge is -2.16. The number of nitrogens with one attached hydrogen (secondary N) is 1. The fourth-order valence-corrected chi connectivity index (χ4v) is 2.89. The zero-order valence-electron chi connectivity index (χ0n) is 9.56. The van der Waals surface area contributed by atoms with Gasteiger partial charge >= 0.3 is 0 Å². The van der Waals surface area contributed by atoms with E-state index in [0.717, 1.165) is 27.4 Å². The highest BCUT2D eigenvalue weighted by atomic mass is 79.9. The Balaban J connectivity index is 1.83. The van der Waals surface area contributed by atoms with Gasteiger partial charge in [0.2, 0.25) is 0 Å². The average molecular weight is 319 g/mol. The van der Waals surface area contributed by atoms with Gasteiger partial charge in [-0.1, -0.05) is 28.1 Å². The fraction of sp³-hybridized carbons (Fsp3) is 0.0714. The summed E-state index contributed by atoms with van der Waals surface area (Å²) in [6.45, 7) is 0. The smallest absolute Gasteiger partial charge is 0.117 e. The monoisotopic (exact) mass is 318 g/mol. The van der Waals surface area contributed by atoms with Crippen LogP contribution in [0.3, 0.4) is 0 Å². The van der Waals surface area contributed by atoms with E-state index in [-0.39, 0.29) is 0 Å². The van der Waals surface area contributed by atoms with Crippen LogP contribution in [0.1, 0.15) is 0 Å². The minimum atomic E-state index is 0.882. The molecule has 4 heteroatoms. The van der Waals surface area contributed by atoms with Crippen LogP contribution in [0.25, 0.3) is 0 Å². The predicted molar refractivity (Wildman–Crippen MR) is 82.0 cm³/mol. The molecule has 0 aliphatic carbocycles. The van der Waals surface area contributed by atoms with Crippen molar-refractivity contribution in [2.75, 3.05) is 11.1 Å². The maximum Gasteiger partial charge on any atom is 0.117 e. The lowest BCUT2D eigenvalue weighted by atomic mass is 10.3. The Kier molecular flexibility index (Phi) is 3.39. The topological polar surface area (TPSA) is 24.4 Å². The Morgan fingerprint density at radius 3 is 2.67 bits per heavy atom. The number of nitrogens with zero attached hydrogens (tertiary/aromatic N) is 1. The highest BCUT2D eigenvalue weighted by Crippen LogP contribution is 2.33. The molecule has 0 radical (unpaired) electrons. The molecule has 3 rings (SSSR count). The molecule has 1 aliphatic rings. The second kappa shape index (κ2) is 5.16. The van der Waals surface area contributed by atoms with Crippen molar-refractivity contribution in [1.82, 2.24) is 0 Å². The number of fused-ring (bicyclic) bond motifs is 1. The van der Waals surface area contributed by atoms with E-state index in [2.05, 4.69) is 38.4 Å². The minimum absolute atomic E-state index is 0.882. The third kappa shape index (κ3) is 2.60. The summed E-state index contributed by atoms with van der Waals surface area (Å²) in [6.07, 6.45) is 0. The van der Waals surface area contributed by atoms with Crippen LogP contribution in [0.2, 0.25) is 0 Å². The van der Waals surface area contributed by atoms with Crippen LogP contribution < -0.4 is 5.32 Å². The van der Waals surface area contributed by atoms with Crippen molar-refractivity contribution >= 4 is 44.9 Å². The second-order valence-electron chi connectivity index (χ2n) is 3.95. The zero-order chi connectivity index (χ0) is 12.4. The number of rotatable bonds is 1. The molecular formula is C14H11BrN2S. The first kappa shape index (κ1) is 11.8. The Bertz CT molecular complexity index is 593.